The molecule has 1 amide bonds. The van der Waals surface area contributed by atoms with Crippen molar-refractivity contribution in [1.82, 2.24) is 44.0 Å². The number of nitrogens with one attached hydrogen (secondary N) is 1. The van der Waals surface area contributed by atoms with Gasteiger partial charge in [0.05, 0.1) is 30.8 Å². The van der Waals surface area contributed by atoms with Crippen molar-refractivity contribution in [2.75, 3.05) is 24.7 Å². The highest BCUT2D eigenvalue weighted by atomic mass is 16.5. The molecule has 0 atom stereocenters. The van der Waals surface area contributed by atoms with Crippen molar-refractivity contribution in [1.29, 1.82) is 0 Å². The van der Waals surface area contributed by atoms with Crippen molar-refractivity contribution < 1.29 is 9.53 Å². The van der Waals surface area contributed by atoms with Crippen LogP contribution in [0, 0.1) is 6.92 Å². The molecule has 3 N–H and O–H groups in total. The van der Waals surface area contributed by atoms with Gasteiger partial charge < -0.3 is 24.9 Å². The first-order chi connectivity index (χ1) is 22.9. The van der Waals surface area contributed by atoms with Crippen LogP contribution in [-0.4, -0.2) is 69.6 Å². The molecule has 0 saturated heterocycles. The number of amides is 1. The number of nitrogen functional groups attached to an aromatic ring is 1. The van der Waals surface area contributed by atoms with E-state index in [-0.39, 0.29) is 11.9 Å². The van der Waals surface area contributed by atoms with Crippen molar-refractivity contribution >= 4 is 39.3 Å². The Morgan fingerprint density at radius 1 is 1.00 bits per heavy atom. The number of hydrogen-bond acceptors (Lipinski definition) is 9. The number of carbonyl (C=O) groups is 1. The first-order valence-corrected chi connectivity index (χ1v) is 16.0. The van der Waals surface area contributed by atoms with Gasteiger partial charge in [-0.25, -0.2) is 14.6 Å². The molecule has 8 rings (SSSR count). The summed E-state index contributed by atoms with van der Waals surface area (Å²) in [7, 11) is 3.48. The molecule has 13 nitrogen and oxygen atoms in total. The standard InChI is InChI=1S/C34H37N11O2/c1-20-39-40-29-18-43(14-15-44(20)29)23-9-11-24(12-10-23)45-33-30(32(35)36-19-37-33)31(41-45)22-8-13-25(28(17-22)47-3)38-34(46)27-16-21-6-4-5-7-26(21)42(27)2/h4-8,13,16-17,19,23-24H,9-12,14-15,18H2,1-3H3,(H,38,46)(H2,35,36,37). The zero-order chi connectivity index (χ0) is 32.2. The number of carbonyl (C=O) groups excluding carboxylic acids is 1. The maximum absolute atomic E-state index is 13.4. The van der Waals surface area contributed by atoms with E-state index >= 15 is 0 Å². The maximum atomic E-state index is 13.4. The van der Waals surface area contributed by atoms with Crippen LogP contribution in [0.3, 0.4) is 0 Å². The van der Waals surface area contributed by atoms with Gasteiger partial charge in [0.25, 0.3) is 5.91 Å². The average Bonchev–Trinajstić information content (AvgIpc) is 3.78. The van der Waals surface area contributed by atoms with Crippen LogP contribution in [0.5, 0.6) is 5.75 Å². The molecule has 0 spiro atoms. The monoisotopic (exact) mass is 631 g/mol. The second kappa shape index (κ2) is 11.5. The lowest BCUT2D eigenvalue weighted by molar-refractivity contribution is 0.101. The summed E-state index contributed by atoms with van der Waals surface area (Å²) < 4.78 is 11.9. The molecule has 0 bridgehead atoms. The molecule has 4 aromatic heterocycles. The summed E-state index contributed by atoms with van der Waals surface area (Å²) >= 11 is 0. The Morgan fingerprint density at radius 2 is 1.81 bits per heavy atom. The molecule has 13 heteroatoms. The van der Waals surface area contributed by atoms with Crippen molar-refractivity contribution in [3.63, 3.8) is 0 Å². The molecule has 2 aliphatic rings. The fourth-order valence-electron chi connectivity index (χ4n) is 7.39. The molecular weight excluding hydrogens is 594 g/mol. The second-order valence-electron chi connectivity index (χ2n) is 12.5. The Bertz CT molecular complexity index is 2140. The van der Waals surface area contributed by atoms with Gasteiger partial charge in [0.15, 0.2) is 5.65 Å². The lowest BCUT2D eigenvalue weighted by Crippen LogP contribution is -2.43. The zero-order valence-corrected chi connectivity index (χ0v) is 26.7. The SMILES string of the molecule is COc1cc(-c2nn(C3CCC(N4CCn5c(C)nnc5C4)CC3)c3ncnc(N)c23)ccc1NC(=O)c1cc2ccccc2n1C. The number of nitrogens with zero attached hydrogens (tertiary/aromatic N) is 9. The summed E-state index contributed by atoms with van der Waals surface area (Å²) in [6.07, 6.45) is 5.59. The second-order valence-corrected chi connectivity index (χ2v) is 12.5. The van der Waals surface area contributed by atoms with Gasteiger partial charge in [-0.15, -0.1) is 10.2 Å². The summed E-state index contributed by atoms with van der Waals surface area (Å²) in [5.41, 5.74) is 10.8. The highest BCUT2D eigenvalue weighted by Gasteiger charge is 2.32. The Labute approximate surface area is 271 Å². The molecule has 1 fully saturated rings. The number of aromatic nitrogens is 8. The van der Waals surface area contributed by atoms with Gasteiger partial charge in [-0.3, -0.25) is 9.69 Å². The van der Waals surface area contributed by atoms with E-state index in [1.54, 1.807) is 7.11 Å². The highest BCUT2D eigenvalue weighted by Crippen LogP contribution is 2.39. The molecular formula is C34H37N11O2. The van der Waals surface area contributed by atoms with E-state index < -0.39 is 0 Å². The normalized spacial score (nSPS) is 18.4. The van der Waals surface area contributed by atoms with Crippen LogP contribution in [0.15, 0.2) is 54.9 Å². The Hall–Kier alpha value is -5.30. The number of ether oxygens (including phenoxy) is 1. The van der Waals surface area contributed by atoms with Gasteiger partial charge in [0, 0.05) is 42.6 Å². The summed E-state index contributed by atoms with van der Waals surface area (Å²) in [6, 6.07) is 16.1. The third-order valence-corrected chi connectivity index (χ3v) is 9.92. The number of benzene rings is 2. The summed E-state index contributed by atoms with van der Waals surface area (Å²) in [6.45, 7) is 4.81. The zero-order valence-electron chi connectivity index (χ0n) is 26.7. The molecule has 1 aliphatic heterocycles. The Kier molecular flexibility index (Phi) is 7.12. The van der Waals surface area contributed by atoms with Gasteiger partial charge in [-0.05, 0) is 56.9 Å². The number of hydrogen-bond donors (Lipinski definition) is 2. The van der Waals surface area contributed by atoms with Crippen LogP contribution in [0.2, 0.25) is 0 Å². The molecule has 6 aromatic rings. The molecule has 0 unspecified atom stereocenters. The predicted molar refractivity (Wildman–Crippen MR) is 179 cm³/mol. The van der Waals surface area contributed by atoms with Crippen LogP contribution in [0.1, 0.15) is 53.9 Å². The molecule has 47 heavy (non-hydrogen) atoms. The van der Waals surface area contributed by atoms with Crippen LogP contribution >= 0.6 is 0 Å². The van der Waals surface area contributed by atoms with Crippen LogP contribution < -0.4 is 15.8 Å². The third-order valence-electron chi connectivity index (χ3n) is 9.92. The van der Waals surface area contributed by atoms with Gasteiger partial charge in [-0.2, -0.15) is 5.10 Å². The molecule has 2 aromatic carbocycles. The number of fused-ring (bicyclic) bond motifs is 3. The lowest BCUT2D eigenvalue weighted by Gasteiger charge is -2.38. The van der Waals surface area contributed by atoms with Gasteiger partial charge in [-0.1, -0.05) is 24.3 Å². The fourth-order valence-corrected chi connectivity index (χ4v) is 7.39. The maximum Gasteiger partial charge on any atom is 0.272 e. The third kappa shape index (κ3) is 4.97. The van der Waals surface area contributed by atoms with Crippen LogP contribution in [0.4, 0.5) is 11.5 Å². The smallest absolute Gasteiger partial charge is 0.272 e. The number of nitrogens with two attached hydrogens (primary N) is 1. The molecule has 0 radical (unpaired) electrons. The molecule has 1 saturated carbocycles. The van der Waals surface area contributed by atoms with Crippen molar-refractivity contribution in [3.05, 3.63) is 72.2 Å². The van der Waals surface area contributed by atoms with E-state index in [9.17, 15) is 4.79 Å². The van der Waals surface area contributed by atoms with Gasteiger partial charge >= 0.3 is 0 Å². The number of aryl methyl sites for hydroxylation is 2. The molecule has 1 aliphatic carbocycles. The van der Waals surface area contributed by atoms with Crippen LogP contribution in [-0.2, 0) is 20.1 Å². The van der Waals surface area contributed by atoms with Crippen molar-refractivity contribution in [2.24, 2.45) is 7.05 Å². The average molecular weight is 632 g/mol. The van der Waals surface area contributed by atoms with Crippen LogP contribution in [0.25, 0.3) is 33.2 Å². The number of anilines is 2. The summed E-state index contributed by atoms with van der Waals surface area (Å²) in [4.78, 5) is 24.9. The van der Waals surface area contributed by atoms with Crippen molar-refractivity contribution in [2.45, 2.75) is 57.8 Å². The van der Waals surface area contributed by atoms with E-state index in [0.717, 1.165) is 84.5 Å². The summed E-state index contributed by atoms with van der Waals surface area (Å²) in [5.74, 6) is 2.72. The number of para-hydroxylation sites is 1. The van der Waals surface area contributed by atoms with E-state index in [0.29, 0.717) is 34.7 Å². The minimum absolute atomic E-state index is 0.189. The predicted octanol–water partition coefficient (Wildman–Crippen LogP) is 4.73. The first kappa shape index (κ1) is 29.1. The number of methoxy groups -OCH3 is 1. The summed E-state index contributed by atoms with van der Waals surface area (Å²) in [5, 5.41) is 18.5. The minimum atomic E-state index is -0.223. The quantitative estimate of drug-likeness (QED) is 0.266. The first-order valence-electron chi connectivity index (χ1n) is 16.0. The molecule has 240 valence electrons. The fraction of sp³-hybridized carbons (Fsp3) is 0.353. The van der Waals surface area contributed by atoms with Crippen molar-refractivity contribution in [3.8, 4) is 17.0 Å². The minimum Gasteiger partial charge on any atom is -0.495 e. The van der Waals surface area contributed by atoms with Gasteiger partial charge in [0.2, 0.25) is 0 Å². The lowest BCUT2D eigenvalue weighted by atomic mass is 9.90. The Balaban J connectivity index is 1.05. The molecule has 5 heterocycles. The Morgan fingerprint density at radius 3 is 2.62 bits per heavy atom. The van der Waals surface area contributed by atoms with E-state index in [1.165, 1.54) is 6.33 Å². The highest BCUT2D eigenvalue weighted by molar-refractivity contribution is 6.07. The topological polar surface area (TPSA) is 147 Å². The van der Waals surface area contributed by atoms with Gasteiger partial charge in [0.1, 0.15) is 40.9 Å². The van der Waals surface area contributed by atoms with E-state index in [1.807, 2.05) is 71.8 Å². The van der Waals surface area contributed by atoms with E-state index in [4.69, 9.17) is 15.6 Å². The number of rotatable bonds is 6. The largest absolute Gasteiger partial charge is 0.495 e. The van der Waals surface area contributed by atoms with E-state index in [2.05, 4.69) is 34.9 Å².